The lowest BCUT2D eigenvalue weighted by molar-refractivity contribution is 0.408. The number of hydrogen-bond acceptors (Lipinski definition) is 2. The van der Waals surface area contributed by atoms with Crippen LogP contribution in [-0.2, 0) is 6.42 Å². The molecule has 0 bridgehead atoms. The van der Waals surface area contributed by atoms with Gasteiger partial charge in [0.25, 0.3) is 0 Å². The molecule has 2 aromatic carbocycles. The van der Waals surface area contributed by atoms with E-state index in [1.54, 1.807) is 13.2 Å². The second kappa shape index (κ2) is 6.49. The highest BCUT2D eigenvalue weighted by molar-refractivity contribution is 6.31. The van der Waals surface area contributed by atoms with E-state index in [4.69, 9.17) is 33.7 Å². The summed E-state index contributed by atoms with van der Waals surface area (Å²) in [5.74, 6) is 0.796. The van der Waals surface area contributed by atoms with Crippen LogP contribution in [0.2, 0.25) is 10.0 Å². The molecule has 0 fully saturated rings. The minimum absolute atomic E-state index is 0.152. The van der Waals surface area contributed by atoms with Crippen molar-refractivity contribution < 1.29 is 4.74 Å². The number of methoxy groups -OCH3 is 1. The first-order valence-electron chi connectivity index (χ1n) is 6.36. The zero-order valence-electron chi connectivity index (χ0n) is 11.5. The van der Waals surface area contributed by atoms with E-state index in [-0.39, 0.29) is 6.04 Å². The second-order valence-electron chi connectivity index (χ2n) is 4.72. The van der Waals surface area contributed by atoms with Gasteiger partial charge in [-0.05, 0) is 54.3 Å². The molecule has 0 aliphatic carbocycles. The molecule has 4 heteroatoms. The molecule has 1 unspecified atom stereocenters. The molecular formula is C16H17Cl2NO. The molecule has 0 spiro atoms. The van der Waals surface area contributed by atoms with Gasteiger partial charge in [-0.25, -0.2) is 0 Å². The lowest BCUT2D eigenvalue weighted by Crippen LogP contribution is -2.15. The van der Waals surface area contributed by atoms with Crippen molar-refractivity contribution in [3.05, 3.63) is 63.1 Å². The summed E-state index contributed by atoms with van der Waals surface area (Å²) >= 11 is 12.2. The predicted octanol–water partition coefficient (Wildman–Crippen LogP) is 4.55. The SMILES string of the molecule is COc1ccc(Cl)cc1CC(N)c1cccc(Cl)c1C. The van der Waals surface area contributed by atoms with Gasteiger partial charge in [-0.1, -0.05) is 35.3 Å². The highest BCUT2D eigenvalue weighted by Crippen LogP contribution is 2.29. The van der Waals surface area contributed by atoms with E-state index in [1.165, 1.54) is 0 Å². The maximum atomic E-state index is 6.31. The number of ether oxygens (including phenoxy) is 1. The van der Waals surface area contributed by atoms with E-state index < -0.39 is 0 Å². The lowest BCUT2D eigenvalue weighted by Gasteiger charge is -2.17. The van der Waals surface area contributed by atoms with Crippen LogP contribution in [0, 0.1) is 6.92 Å². The summed E-state index contributed by atoms with van der Waals surface area (Å²) in [5.41, 5.74) is 9.36. The van der Waals surface area contributed by atoms with Crippen LogP contribution in [0.3, 0.4) is 0 Å². The summed E-state index contributed by atoms with van der Waals surface area (Å²) in [6.07, 6.45) is 0.644. The molecule has 1 atom stereocenters. The minimum Gasteiger partial charge on any atom is -0.496 e. The molecule has 2 nitrogen and oxygen atoms in total. The van der Waals surface area contributed by atoms with Crippen molar-refractivity contribution >= 4 is 23.2 Å². The molecule has 0 amide bonds. The standard InChI is InChI=1S/C16H17Cl2NO/c1-10-13(4-3-5-14(10)18)15(19)9-11-8-12(17)6-7-16(11)20-2/h3-8,15H,9,19H2,1-2H3. The average Bonchev–Trinajstić information content (AvgIpc) is 2.42. The monoisotopic (exact) mass is 309 g/mol. The summed E-state index contributed by atoms with van der Waals surface area (Å²) in [4.78, 5) is 0. The van der Waals surface area contributed by atoms with Crippen LogP contribution in [0.4, 0.5) is 0 Å². The van der Waals surface area contributed by atoms with Crippen LogP contribution in [0.15, 0.2) is 36.4 Å². The third-order valence-electron chi connectivity index (χ3n) is 3.39. The van der Waals surface area contributed by atoms with Crippen LogP contribution < -0.4 is 10.5 Å². The van der Waals surface area contributed by atoms with Crippen LogP contribution in [-0.4, -0.2) is 7.11 Å². The predicted molar refractivity (Wildman–Crippen MR) is 84.8 cm³/mol. The fraction of sp³-hybridized carbons (Fsp3) is 0.250. The Morgan fingerprint density at radius 2 is 1.95 bits per heavy atom. The lowest BCUT2D eigenvalue weighted by atomic mass is 9.95. The normalized spacial score (nSPS) is 12.2. The van der Waals surface area contributed by atoms with Gasteiger partial charge in [0.05, 0.1) is 7.11 Å². The van der Waals surface area contributed by atoms with Crippen LogP contribution in [0.5, 0.6) is 5.75 Å². The Hall–Kier alpha value is -1.22. The number of rotatable bonds is 4. The first kappa shape index (κ1) is 15.2. The highest BCUT2D eigenvalue weighted by Gasteiger charge is 2.14. The maximum absolute atomic E-state index is 6.31. The van der Waals surface area contributed by atoms with Gasteiger partial charge in [0, 0.05) is 16.1 Å². The first-order chi connectivity index (χ1) is 9.52. The van der Waals surface area contributed by atoms with Crippen LogP contribution >= 0.6 is 23.2 Å². The Bertz CT molecular complexity index is 613. The summed E-state index contributed by atoms with van der Waals surface area (Å²) in [6, 6.07) is 11.2. The number of halogens is 2. The largest absolute Gasteiger partial charge is 0.496 e. The topological polar surface area (TPSA) is 35.2 Å². The highest BCUT2D eigenvalue weighted by atomic mass is 35.5. The zero-order valence-corrected chi connectivity index (χ0v) is 13.0. The molecule has 2 N–H and O–H groups in total. The zero-order chi connectivity index (χ0) is 14.7. The van der Waals surface area contributed by atoms with Crippen molar-refractivity contribution in [1.82, 2.24) is 0 Å². The van der Waals surface area contributed by atoms with Gasteiger partial charge in [0.1, 0.15) is 5.75 Å². The average molecular weight is 310 g/mol. The van der Waals surface area contributed by atoms with Crippen molar-refractivity contribution in [2.24, 2.45) is 5.73 Å². The van der Waals surface area contributed by atoms with Gasteiger partial charge in [-0.2, -0.15) is 0 Å². The summed E-state index contributed by atoms with van der Waals surface area (Å²) in [6.45, 7) is 1.98. The molecule has 2 rings (SSSR count). The van der Waals surface area contributed by atoms with E-state index in [2.05, 4.69) is 0 Å². The molecule has 0 saturated heterocycles. The summed E-state index contributed by atoms with van der Waals surface area (Å²) < 4.78 is 5.35. The molecule has 0 radical (unpaired) electrons. The Morgan fingerprint density at radius 1 is 1.20 bits per heavy atom. The molecular weight excluding hydrogens is 293 g/mol. The molecule has 20 heavy (non-hydrogen) atoms. The Kier molecular flexibility index (Phi) is 4.92. The molecule has 0 heterocycles. The second-order valence-corrected chi connectivity index (χ2v) is 5.56. The van der Waals surface area contributed by atoms with Crippen molar-refractivity contribution in [2.75, 3.05) is 7.11 Å². The summed E-state index contributed by atoms with van der Waals surface area (Å²) in [7, 11) is 1.64. The van der Waals surface area contributed by atoms with Crippen molar-refractivity contribution in [2.45, 2.75) is 19.4 Å². The third kappa shape index (κ3) is 3.26. The Morgan fingerprint density at radius 3 is 2.65 bits per heavy atom. The smallest absolute Gasteiger partial charge is 0.122 e. The van der Waals surface area contributed by atoms with Crippen molar-refractivity contribution in [1.29, 1.82) is 0 Å². The van der Waals surface area contributed by atoms with Gasteiger partial charge >= 0.3 is 0 Å². The van der Waals surface area contributed by atoms with E-state index in [1.807, 2.05) is 37.3 Å². The number of benzene rings is 2. The van der Waals surface area contributed by atoms with Crippen LogP contribution in [0.1, 0.15) is 22.7 Å². The maximum Gasteiger partial charge on any atom is 0.122 e. The van der Waals surface area contributed by atoms with Gasteiger partial charge in [-0.15, -0.1) is 0 Å². The number of nitrogens with two attached hydrogens (primary N) is 1. The summed E-state index contributed by atoms with van der Waals surface area (Å²) in [5, 5.41) is 1.41. The van der Waals surface area contributed by atoms with E-state index in [9.17, 15) is 0 Å². The Balaban J connectivity index is 2.30. The van der Waals surface area contributed by atoms with Crippen molar-refractivity contribution in [3.8, 4) is 5.75 Å². The molecule has 0 aliphatic heterocycles. The van der Waals surface area contributed by atoms with Gasteiger partial charge < -0.3 is 10.5 Å². The van der Waals surface area contributed by atoms with Crippen LogP contribution in [0.25, 0.3) is 0 Å². The first-order valence-corrected chi connectivity index (χ1v) is 7.11. The molecule has 2 aromatic rings. The molecule has 0 saturated carbocycles. The Labute approximate surface area is 129 Å². The van der Waals surface area contributed by atoms with Gasteiger partial charge in [0.15, 0.2) is 0 Å². The third-order valence-corrected chi connectivity index (χ3v) is 4.04. The quantitative estimate of drug-likeness (QED) is 0.899. The van der Waals surface area contributed by atoms with Crippen molar-refractivity contribution in [3.63, 3.8) is 0 Å². The van der Waals surface area contributed by atoms with E-state index in [0.29, 0.717) is 11.4 Å². The minimum atomic E-state index is -0.152. The van der Waals surface area contributed by atoms with E-state index in [0.717, 1.165) is 27.5 Å². The molecule has 0 aromatic heterocycles. The fourth-order valence-electron chi connectivity index (χ4n) is 2.28. The van der Waals surface area contributed by atoms with E-state index >= 15 is 0 Å². The number of hydrogen-bond donors (Lipinski definition) is 1. The van der Waals surface area contributed by atoms with Gasteiger partial charge in [0.2, 0.25) is 0 Å². The fourth-order valence-corrected chi connectivity index (χ4v) is 2.66. The van der Waals surface area contributed by atoms with Gasteiger partial charge in [-0.3, -0.25) is 0 Å². The molecule has 106 valence electrons. The molecule has 0 aliphatic rings.